The molecule has 0 spiro atoms. The molecule has 0 aromatic carbocycles. The van der Waals surface area contributed by atoms with Crippen molar-refractivity contribution in [2.75, 3.05) is 13.7 Å². The van der Waals surface area contributed by atoms with Gasteiger partial charge in [0.2, 0.25) is 0 Å². The van der Waals surface area contributed by atoms with Gasteiger partial charge in [0.05, 0.1) is 25.8 Å². The number of hydrogen-bond acceptors (Lipinski definition) is 5. The zero-order valence-electron chi connectivity index (χ0n) is 11.4. The highest BCUT2D eigenvalue weighted by Crippen LogP contribution is 2.26. The topological polar surface area (TPSA) is 86.1 Å². The molecule has 3 heterocycles. The third-order valence-electron chi connectivity index (χ3n) is 3.42. The predicted molar refractivity (Wildman–Crippen MR) is 73.5 cm³/mol. The van der Waals surface area contributed by atoms with E-state index in [2.05, 4.69) is 15.3 Å². The van der Waals surface area contributed by atoms with E-state index < -0.39 is 0 Å². The second-order valence-electron chi connectivity index (χ2n) is 4.70. The van der Waals surface area contributed by atoms with Gasteiger partial charge >= 0.3 is 5.97 Å². The molecule has 1 atom stereocenters. The molecule has 0 fully saturated rings. The Bertz CT molecular complexity index is 681. The van der Waals surface area contributed by atoms with Crippen molar-refractivity contribution in [2.45, 2.75) is 12.5 Å². The van der Waals surface area contributed by atoms with Gasteiger partial charge in [-0.25, -0.2) is 4.98 Å². The molecule has 1 N–H and O–H groups in total. The van der Waals surface area contributed by atoms with E-state index in [4.69, 9.17) is 4.74 Å². The molecule has 0 aliphatic carbocycles. The molecule has 108 valence electrons. The first kappa shape index (κ1) is 13.3. The maximum atomic E-state index is 11.9. The summed E-state index contributed by atoms with van der Waals surface area (Å²) in [5, 5.41) is 2.75. The van der Waals surface area contributed by atoms with Gasteiger partial charge in [-0.3, -0.25) is 14.6 Å². The third-order valence-corrected chi connectivity index (χ3v) is 3.42. The average molecular weight is 286 g/mol. The summed E-state index contributed by atoms with van der Waals surface area (Å²) in [6, 6.07) is 5.24. The molecule has 1 aliphatic heterocycles. The molecular weight excluding hydrogens is 272 g/mol. The highest BCUT2D eigenvalue weighted by Gasteiger charge is 2.30. The van der Waals surface area contributed by atoms with Gasteiger partial charge in [0, 0.05) is 12.7 Å². The summed E-state index contributed by atoms with van der Waals surface area (Å²) in [5.74, 6) is 0.0444. The van der Waals surface area contributed by atoms with E-state index in [0.717, 1.165) is 0 Å². The van der Waals surface area contributed by atoms with E-state index in [1.807, 2.05) is 18.2 Å². The van der Waals surface area contributed by atoms with Crippen LogP contribution in [0.1, 0.15) is 23.0 Å². The SMILES string of the molecule is COC(=O)CC1CNC(=O)c2cnc(-c3ccccn3)n21. The minimum absolute atomic E-state index is 0.167. The minimum Gasteiger partial charge on any atom is -0.469 e. The van der Waals surface area contributed by atoms with Crippen LogP contribution < -0.4 is 5.32 Å². The van der Waals surface area contributed by atoms with Crippen molar-refractivity contribution in [3.8, 4) is 11.5 Å². The normalized spacial score (nSPS) is 17.0. The number of imidazole rings is 1. The van der Waals surface area contributed by atoms with E-state index in [1.54, 1.807) is 10.8 Å². The van der Waals surface area contributed by atoms with Crippen LogP contribution in [-0.4, -0.2) is 40.1 Å². The molecule has 0 radical (unpaired) electrons. The maximum absolute atomic E-state index is 11.9. The van der Waals surface area contributed by atoms with E-state index in [9.17, 15) is 9.59 Å². The monoisotopic (exact) mass is 286 g/mol. The van der Waals surface area contributed by atoms with Crippen LogP contribution in [0.25, 0.3) is 11.5 Å². The van der Waals surface area contributed by atoms with Crippen molar-refractivity contribution in [3.63, 3.8) is 0 Å². The number of aromatic nitrogens is 3. The van der Waals surface area contributed by atoms with Gasteiger partial charge in [-0.15, -0.1) is 0 Å². The number of rotatable bonds is 3. The first-order valence-corrected chi connectivity index (χ1v) is 6.54. The number of fused-ring (bicyclic) bond motifs is 1. The fourth-order valence-corrected chi connectivity index (χ4v) is 2.41. The first-order valence-electron chi connectivity index (χ1n) is 6.54. The van der Waals surface area contributed by atoms with Crippen LogP contribution in [0.3, 0.4) is 0 Å². The number of carbonyl (C=O) groups excluding carboxylic acids is 2. The van der Waals surface area contributed by atoms with Crippen molar-refractivity contribution >= 4 is 11.9 Å². The highest BCUT2D eigenvalue weighted by molar-refractivity contribution is 5.94. The number of amides is 1. The lowest BCUT2D eigenvalue weighted by Gasteiger charge is -2.26. The zero-order valence-corrected chi connectivity index (χ0v) is 11.4. The van der Waals surface area contributed by atoms with Crippen molar-refractivity contribution in [1.29, 1.82) is 0 Å². The van der Waals surface area contributed by atoms with Crippen molar-refractivity contribution in [1.82, 2.24) is 19.9 Å². The molecular formula is C14H14N4O3. The van der Waals surface area contributed by atoms with Crippen LogP contribution in [0.5, 0.6) is 0 Å². The Morgan fingerprint density at radius 2 is 2.33 bits per heavy atom. The van der Waals surface area contributed by atoms with E-state index >= 15 is 0 Å². The largest absolute Gasteiger partial charge is 0.469 e. The number of carbonyl (C=O) groups is 2. The van der Waals surface area contributed by atoms with Gasteiger partial charge in [-0.1, -0.05) is 6.07 Å². The number of nitrogens with one attached hydrogen (secondary N) is 1. The van der Waals surface area contributed by atoms with Crippen LogP contribution in [-0.2, 0) is 9.53 Å². The number of methoxy groups -OCH3 is 1. The highest BCUT2D eigenvalue weighted by atomic mass is 16.5. The third kappa shape index (κ3) is 2.37. The standard InChI is InChI=1S/C14H14N4O3/c1-21-12(19)6-9-7-17-14(20)11-8-16-13(18(9)11)10-4-2-3-5-15-10/h2-5,8-9H,6-7H2,1H3,(H,17,20). The summed E-state index contributed by atoms with van der Waals surface area (Å²) < 4.78 is 6.48. The molecule has 7 heteroatoms. The fourth-order valence-electron chi connectivity index (χ4n) is 2.41. The maximum Gasteiger partial charge on any atom is 0.307 e. The van der Waals surface area contributed by atoms with E-state index in [-0.39, 0.29) is 24.3 Å². The van der Waals surface area contributed by atoms with Gasteiger partial charge in [0.25, 0.3) is 5.91 Å². The van der Waals surface area contributed by atoms with Crippen molar-refractivity contribution in [2.24, 2.45) is 0 Å². The molecule has 7 nitrogen and oxygen atoms in total. The molecule has 3 rings (SSSR count). The number of hydrogen-bond donors (Lipinski definition) is 1. The second-order valence-corrected chi connectivity index (χ2v) is 4.70. The molecule has 0 saturated heterocycles. The van der Waals surface area contributed by atoms with Gasteiger partial charge < -0.3 is 14.6 Å². The quantitative estimate of drug-likeness (QED) is 0.843. The van der Waals surface area contributed by atoms with Crippen LogP contribution in [0, 0.1) is 0 Å². The Balaban J connectivity index is 2.05. The Labute approximate surface area is 121 Å². The molecule has 1 amide bonds. The molecule has 2 aromatic heterocycles. The fraction of sp³-hybridized carbons (Fsp3) is 0.286. The van der Waals surface area contributed by atoms with Crippen LogP contribution in [0.15, 0.2) is 30.6 Å². The summed E-state index contributed by atoms with van der Waals surface area (Å²) in [4.78, 5) is 32.0. The Kier molecular flexibility index (Phi) is 3.39. The smallest absolute Gasteiger partial charge is 0.307 e. The van der Waals surface area contributed by atoms with Gasteiger partial charge in [-0.05, 0) is 12.1 Å². The lowest BCUT2D eigenvalue weighted by molar-refractivity contribution is -0.141. The summed E-state index contributed by atoms with van der Waals surface area (Å²) in [5.41, 5.74) is 1.09. The van der Waals surface area contributed by atoms with Gasteiger partial charge in [-0.2, -0.15) is 0 Å². The van der Waals surface area contributed by atoms with Crippen LogP contribution >= 0.6 is 0 Å². The zero-order chi connectivity index (χ0) is 14.8. The second kappa shape index (κ2) is 5.35. The Morgan fingerprint density at radius 1 is 1.48 bits per heavy atom. The molecule has 1 aliphatic rings. The predicted octanol–water partition coefficient (Wildman–Crippen LogP) is 0.793. The van der Waals surface area contributed by atoms with Gasteiger partial charge in [0.1, 0.15) is 11.4 Å². The summed E-state index contributed by atoms with van der Waals surface area (Å²) >= 11 is 0. The molecule has 1 unspecified atom stereocenters. The van der Waals surface area contributed by atoms with E-state index in [0.29, 0.717) is 23.8 Å². The van der Waals surface area contributed by atoms with Crippen molar-refractivity contribution < 1.29 is 14.3 Å². The number of pyridine rings is 1. The van der Waals surface area contributed by atoms with Crippen LogP contribution in [0.4, 0.5) is 0 Å². The minimum atomic E-state index is -0.331. The lowest BCUT2D eigenvalue weighted by Crippen LogP contribution is -2.40. The molecule has 0 bridgehead atoms. The van der Waals surface area contributed by atoms with Gasteiger partial charge in [0.15, 0.2) is 5.82 Å². The molecule has 0 saturated carbocycles. The summed E-state index contributed by atoms with van der Waals surface area (Å²) in [6.45, 7) is 0.358. The lowest BCUT2D eigenvalue weighted by atomic mass is 10.1. The number of esters is 1. The summed E-state index contributed by atoms with van der Waals surface area (Å²) in [7, 11) is 1.35. The Morgan fingerprint density at radius 3 is 3.05 bits per heavy atom. The van der Waals surface area contributed by atoms with Crippen LogP contribution in [0.2, 0.25) is 0 Å². The van der Waals surface area contributed by atoms with Crippen molar-refractivity contribution in [3.05, 3.63) is 36.3 Å². The summed E-state index contributed by atoms with van der Waals surface area (Å²) in [6.07, 6.45) is 3.33. The average Bonchev–Trinajstić information content (AvgIpc) is 2.97. The molecule has 2 aromatic rings. The number of nitrogens with zero attached hydrogens (tertiary/aromatic N) is 3. The Hall–Kier alpha value is -2.70. The van der Waals surface area contributed by atoms with E-state index in [1.165, 1.54) is 13.3 Å². The number of ether oxygens (including phenoxy) is 1. The first-order chi connectivity index (χ1) is 10.2. The molecule has 21 heavy (non-hydrogen) atoms.